The molecule has 0 fully saturated rings. The second kappa shape index (κ2) is 8.77. The number of para-hydroxylation sites is 1. The fourth-order valence-electron chi connectivity index (χ4n) is 2.28. The highest BCUT2D eigenvalue weighted by atomic mass is 16.7. The Bertz CT molecular complexity index is 849. The summed E-state index contributed by atoms with van der Waals surface area (Å²) >= 11 is 0. The average molecular weight is 353 g/mol. The van der Waals surface area contributed by atoms with E-state index in [0.717, 1.165) is 16.9 Å². The number of rotatable bonds is 8. The quantitative estimate of drug-likeness (QED) is 0.495. The van der Waals surface area contributed by atoms with E-state index >= 15 is 0 Å². The third-order valence-electron chi connectivity index (χ3n) is 3.55. The normalized spacial score (nSPS) is 10.5. The summed E-state index contributed by atoms with van der Waals surface area (Å²) in [6, 6.07) is 17.1. The van der Waals surface area contributed by atoms with Crippen molar-refractivity contribution in [1.29, 1.82) is 0 Å². The summed E-state index contributed by atoms with van der Waals surface area (Å²) in [6.45, 7) is 2.50. The van der Waals surface area contributed by atoms with Crippen molar-refractivity contribution in [2.45, 2.75) is 13.3 Å². The Morgan fingerprint density at radius 3 is 2.65 bits per heavy atom. The van der Waals surface area contributed by atoms with Crippen molar-refractivity contribution >= 4 is 5.91 Å². The number of hydroxylamine groups is 1. The maximum absolute atomic E-state index is 11.9. The summed E-state index contributed by atoms with van der Waals surface area (Å²) in [6.07, 6.45) is -0.0571. The van der Waals surface area contributed by atoms with E-state index in [1.807, 2.05) is 61.5 Å². The molecule has 1 amide bonds. The number of hydrogen-bond donors (Lipinski definition) is 1. The lowest BCUT2D eigenvalue weighted by molar-refractivity contribution is -0.133. The lowest BCUT2D eigenvalue weighted by atomic mass is 10.1. The standard InChI is InChI=1S/C19H19N3O4/c1-14-7-5-6-10-16(14)19-20-18(26-22-19)13-17(23)21-25-12-11-24-15-8-3-2-4-9-15/h2-10H,11-13H2,1H3,(H,21,23). The first kappa shape index (κ1) is 17.6. The highest BCUT2D eigenvalue weighted by Crippen LogP contribution is 2.19. The summed E-state index contributed by atoms with van der Waals surface area (Å²) in [5, 5.41) is 3.92. The van der Waals surface area contributed by atoms with E-state index in [1.54, 1.807) is 0 Å². The molecule has 1 heterocycles. The Kier molecular flexibility index (Phi) is 5.95. The monoisotopic (exact) mass is 353 g/mol. The molecule has 0 aliphatic rings. The molecule has 0 unspecified atom stereocenters. The number of benzene rings is 2. The van der Waals surface area contributed by atoms with Crippen LogP contribution in [0.4, 0.5) is 0 Å². The number of carbonyl (C=O) groups is 1. The molecule has 0 saturated carbocycles. The van der Waals surface area contributed by atoms with Crippen molar-refractivity contribution in [1.82, 2.24) is 15.6 Å². The fourth-order valence-corrected chi connectivity index (χ4v) is 2.28. The minimum Gasteiger partial charge on any atom is -0.491 e. The molecule has 0 aliphatic heterocycles. The van der Waals surface area contributed by atoms with Crippen LogP contribution in [0.15, 0.2) is 59.1 Å². The van der Waals surface area contributed by atoms with Crippen molar-refractivity contribution < 1.29 is 18.9 Å². The molecule has 2 aromatic carbocycles. The molecule has 0 atom stereocenters. The van der Waals surface area contributed by atoms with E-state index in [4.69, 9.17) is 14.1 Å². The number of amides is 1. The highest BCUT2D eigenvalue weighted by molar-refractivity contribution is 5.76. The summed E-state index contributed by atoms with van der Waals surface area (Å²) in [4.78, 5) is 21.2. The van der Waals surface area contributed by atoms with E-state index in [-0.39, 0.29) is 24.8 Å². The van der Waals surface area contributed by atoms with Crippen molar-refractivity contribution in [3.8, 4) is 17.1 Å². The predicted octanol–water partition coefficient (Wildman–Crippen LogP) is 2.71. The van der Waals surface area contributed by atoms with Gasteiger partial charge in [0.1, 0.15) is 25.4 Å². The molecule has 0 saturated heterocycles. The topological polar surface area (TPSA) is 86.5 Å². The summed E-state index contributed by atoms with van der Waals surface area (Å²) in [5.74, 6) is 1.06. The number of ether oxygens (including phenoxy) is 1. The van der Waals surface area contributed by atoms with Crippen LogP contribution in [-0.4, -0.2) is 29.3 Å². The third-order valence-corrected chi connectivity index (χ3v) is 3.55. The van der Waals surface area contributed by atoms with Gasteiger partial charge in [-0.1, -0.05) is 47.6 Å². The van der Waals surface area contributed by atoms with Gasteiger partial charge in [-0.3, -0.25) is 9.63 Å². The molecule has 7 nitrogen and oxygen atoms in total. The minimum atomic E-state index is -0.371. The second-order valence-electron chi connectivity index (χ2n) is 5.54. The van der Waals surface area contributed by atoms with Crippen LogP contribution in [0.25, 0.3) is 11.4 Å². The van der Waals surface area contributed by atoms with Gasteiger partial charge in [-0.25, -0.2) is 5.48 Å². The Hall–Kier alpha value is -3.19. The van der Waals surface area contributed by atoms with Gasteiger partial charge in [0, 0.05) is 5.56 Å². The van der Waals surface area contributed by atoms with Gasteiger partial charge in [0.25, 0.3) is 5.91 Å². The van der Waals surface area contributed by atoms with Gasteiger partial charge in [-0.05, 0) is 24.6 Å². The number of aryl methyl sites for hydroxylation is 1. The van der Waals surface area contributed by atoms with Gasteiger partial charge >= 0.3 is 0 Å². The Balaban J connectivity index is 1.41. The third kappa shape index (κ3) is 4.90. The van der Waals surface area contributed by atoms with Crippen molar-refractivity contribution in [3.63, 3.8) is 0 Å². The molecule has 0 radical (unpaired) electrons. The molecule has 7 heteroatoms. The number of nitrogens with one attached hydrogen (secondary N) is 1. The minimum absolute atomic E-state index is 0.0571. The lowest BCUT2D eigenvalue weighted by Gasteiger charge is -2.06. The number of carbonyl (C=O) groups excluding carboxylic acids is 1. The Labute approximate surface area is 150 Å². The molecular formula is C19H19N3O4. The number of hydrogen-bond acceptors (Lipinski definition) is 6. The van der Waals surface area contributed by atoms with Crippen LogP contribution in [0.1, 0.15) is 11.5 Å². The van der Waals surface area contributed by atoms with Crippen LogP contribution < -0.4 is 10.2 Å². The van der Waals surface area contributed by atoms with Crippen LogP contribution in [0.5, 0.6) is 5.75 Å². The van der Waals surface area contributed by atoms with Gasteiger partial charge in [-0.2, -0.15) is 4.98 Å². The first-order valence-electron chi connectivity index (χ1n) is 8.19. The van der Waals surface area contributed by atoms with Crippen LogP contribution in [-0.2, 0) is 16.1 Å². The number of aromatic nitrogens is 2. The van der Waals surface area contributed by atoms with Crippen molar-refractivity contribution in [2.75, 3.05) is 13.2 Å². The Morgan fingerprint density at radius 1 is 1.08 bits per heavy atom. The molecule has 3 rings (SSSR count). The predicted molar refractivity (Wildman–Crippen MR) is 94.2 cm³/mol. The van der Waals surface area contributed by atoms with Crippen molar-refractivity contribution in [3.05, 3.63) is 66.1 Å². The maximum Gasteiger partial charge on any atom is 0.252 e. The molecular weight excluding hydrogens is 334 g/mol. The van der Waals surface area contributed by atoms with E-state index in [2.05, 4.69) is 15.6 Å². The first-order chi connectivity index (χ1) is 12.7. The van der Waals surface area contributed by atoms with Crippen LogP contribution in [0.2, 0.25) is 0 Å². The molecule has 134 valence electrons. The zero-order chi connectivity index (χ0) is 18.2. The highest BCUT2D eigenvalue weighted by Gasteiger charge is 2.13. The van der Waals surface area contributed by atoms with Crippen LogP contribution in [0.3, 0.4) is 0 Å². The lowest BCUT2D eigenvalue weighted by Crippen LogP contribution is -2.27. The average Bonchev–Trinajstić information content (AvgIpc) is 3.11. The van der Waals surface area contributed by atoms with Gasteiger partial charge in [-0.15, -0.1) is 0 Å². The first-order valence-corrected chi connectivity index (χ1v) is 8.19. The van der Waals surface area contributed by atoms with Gasteiger partial charge < -0.3 is 9.26 Å². The van der Waals surface area contributed by atoms with Gasteiger partial charge in [0.15, 0.2) is 0 Å². The second-order valence-corrected chi connectivity index (χ2v) is 5.54. The summed E-state index contributed by atoms with van der Waals surface area (Å²) < 4.78 is 10.6. The van der Waals surface area contributed by atoms with E-state index in [0.29, 0.717) is 12.4 Å². The van der Waals surface area contributed by atoms with Crippen LogP contribution in [0, 0.1) is 6.92 Å². The molecule has 3 aromatic rings. The molecule has 0 spiro atoms. The SMILES string of the molecule is Cc1ccccc1-c1noc(CC(=O)NOCCOc2ccccc2)n1. The smallest absolute Gasteiger partial charge is 0.252 e. The van der Waals surface area contributed by atoms with E-state index in [1.165, 1.54) is 0 Å². The molecule has 0 aliphatic carbocycles. The molecule has 0 bridgehead atoms. The zero-order valence-electron chi connectivity index (χ0n) is 14.3. The van der Waals surface area contributed by atoms with Gasteiger partial charge in [0.2, 0.25) is 11.7 Å². The largest absolute Gasteiger partial charge is 0.491 e. The fraction of sp³-hybridized carbons (Fsp3) is 0.211. The van der Waals surface area contributed by atoms with E-state index in [9.17, 15) is 4.79 Å². The Morgan fingerprint density at radius 2 is 1.85 bits per heavy atom. The molecule has 1 aromatic heterocycles. The maximum atomic E-state index is 11.9. The molecule has 26 heavy (non-hydrogen) atoms. The van der Waals surface area contributed by atoms with Crippen molar-refractivity contribution in [2.24, 2.45) is 0 Å². The van der Waals surface area contributed by atoms with E-state index < -0.39 is 0 Å². The van der Waals surface area contributed by atoms with Gasteiger partial charge in [0.05, 0.1) is 0 Å². The van der Waals surface area contributed by atoms with Crippen LogP contribution >= 0.6 is 0 Å². The summed E-state index contributed by atoms with van der Waals surface area (Å²) in [5.41, 5.74) is 4.24. The molecule has 1 N–H and O–H groups in total. The summed E-state index contributed by atoms with van der Waals surface area (Å²) in [7, 11) is 0. The zero-order valence-corrected chi connectivity index (χ0v) is 14.3. The number of nitrogens with zero attached hydrogens (tertiary/aromatic N) is 2.